The van der Waals surface area contributed by atoms with Crippen molar-refractivity contribution in [1.29, 1.82) is 0 Å². The van der Waals surface area contributed by atoms with Gasteiger partial charge in [-0.15, -0.1) is 0 Å². The van der Waals surface area contributed by atoms with E-state index in [2.05, 4.69) is 36.6 Å². The lowest BCUT2D eigenvalue weighted by molar-refractivity contribution is 0.570. The summed E-state index contributed by atoms with van der Waals surface area (Å²) in [7, 11) is -3.93. The molecule has 0 saturated carbocycles. The van der Waals surface area contributed by atoms with E-state index >= 15 is 0 Å². The molecule has 100 valence electrons. The molecule has 1 N–H and O–H groups in total. The van der Waals surface area contributed by atoms with Crippen molar-refractivity contribution in [2.45, 2.75) is 4.90 Å². The Bertz CT molecular complexity index is 702. The lowest BCUT2D eigenvalue weighted by Gasteiger charge is -2.09. The van der Waals surface area contributed by atoms with Crippen LogP contribution in [0.1, 0.15) is 0 Å². The summed E-state index contributed by atoms with van der Waals surface area (Å²) < 4.78 is 41.4. The number of rotatable bonds is 3. The highest BCUT2D eigenvalue weighted by atomic mass is 79.9. The first-order valence-electron chi connectivity index (χ1n) is 5.12. The van der Waals surface area contributed by atoms with Crippen molar-refractivity contribution in [1.82, 2.24) is 0 Å². The van der Waals surface area contributed by atoms with Gasteiger partial charge in [-0.05, 0) is 42.5 Å². The van der Waals surface area contributed by atoms with Gasteiger partial charge in [0.1, 0.15) is 10.7 Å². The molecule has 2 aromatic carbocycles. The van der Waals surface area contributed by atoms with Crippen LogP contribution < -0.4 is 4.72 Å². The second-order valence-corrected chi connectivity index (χ2v) is 7.17. The predicted molar refractivity (Wildman–Crippen MR) is 79.1 cm³/mol. The lowest BCUT2D eigenvalue weighted by Crippen LogP contribution is -2.14. The van der Waals surface area contributed by atoms with Crippen molar-refractivity contribution in [3.63, 3.8) is 0 Å². The fourth-order valence-corrected chi connectivity index (χ4v) is 3.14. The average Bonchev–Trinajstić information content (AvgIpc) is 2.31. The van der Waals surface area contributed by atoms with Gasteiger partial charge in [-0.25, -0.2) is 12.8 Å². The van der Waals surface area contributed by atoms with Gasteiger partial charge in [-0.3, -0.25) is 4.72 Å². The molecule has 0 aromatic heterocycles. The van der Waals surface area contributed by atoms with Gasteiger partial charge < -0.3 is 0 Å². The van der Waals surface area contributed by atoms with Crippen molar-refractivity contribution in [3.05, 3.63) is 57.2 Å². The quantitative estimate of drug-likeness (QED) is 0.828. The van der Waals surface area contributed by atoms with E-state index in [0.717, 1.165) is 10.5 Å². The van der Waals surface area contributed by atoms with Gasteiger partial charge in [0, 0.05) is 14.6 Å². The van der Waals surface area contributed by atoms with Crippen LogP contribution in [-0.4, -0.2) is 8.42 Å². The average molecular weight is 409 g/mol. The number of nitrogens with one attached hydrogen (secondary N) is 1. The first-order chi connectivity index (χ1) is 8.88. The van der Waals surface area contributed by atoms with Crippen molar-refractivity contribution in [2.75, 3.05) is 4.72 Å². The molecule has 0 heterocycles. The Morgan fingerprint density at radius 2 is 1.53 bits per heavy atom. The van der Waals surface area contributed by atoms with Gasteiger partial charge in [0.2, 0.25) is 0 Å². The summed E-state index contributed by atoms with van der Waals surface area (Å²) in [4.78, 5) is -0.390. The second-order valence-electron chi connectivity index (χ2n) is 3.69. The van der Waals surface area contributed by atoms with E-state index in [1.165, 1.54) is 12.1 Å². The zero-order valence-electron chi connectivity index (χ0n) is 9.40. The number of hydrogen-bond donors (Lipinski definition) is 1. The van der Waals surface area contributed by atoms with E-state index in [-0.39, 0.29) is 0 Å². The maximum atomic E-state index is 13.7. The van der Waals surface area contributed by atoms with Crippen LogP contribution in [0.5, 0.6) is 0 Å². The molecule has 3 nitrogen and oxygen atoms in total. The minimum atomic E-state index is -3.93. The van der Waals surface area contributed by atoms with E-state index < -0.39 is 20.7 Å². The monoisotopic (exact) mass is 407 g/mol. The first kappa shape index (κ1) is 14.5. The minimum absolute atomic E-state index is 0.366. The van der Waals surface area contributed by atoms with Crippen LogP contribution in [0.4, 0.5) is 10.1 Å². The maximum Gasteiger partial charge on any atom is 0.264 e. The third kappa shape index (κ3) is 3.55. The molecule has 2 aromatic rings. The molecule has 0 saturated heterocycles. The normalized spacial score (nSPS) is 11.3. The van der Waals surface area contributed by atoms with Gasteiger partial charge in [0.15, 0.2) is 0 Å². The fourth-order valence-electron chi connectivity index (χ4n) is 1.42. The van der Waals surface area contributed by atoms with Crippen molar-refractivity contribution in [3.8, 4) is 0 Å². The van der Waals surface area contributed by atoms with Gasteiger partial charge in [0.05, 0.1) is 0 Å². The van der Waals surface area contributed by atoms with Crippen LogP contribution in [0.15, 0.2) is 56.3 Å². The zero-order chi connectivity index (χ0) is 14.0. The summed E-state index contributed by atoms with van der Waals surface area (Å²) in [6, 6.07) is 10.3. The Morgan fingerprint density at radius 3 is 2.11 bits per heavy atom. The standard InChI is InChI=1S/C12H8Br2FNO2S/c13-8-1-4-10(5-2-8)16-19(17,18)12-6-3-9(14)7-11(12)15/h1-7,16H. The first-order valence-corrected chi connectivity index (χ1v) is 8.19. The number of halogens is 3. The van der Waals surface area contributed by atoms with Gasteiger partial charge >= 0.3 is 0 Å². The summed E-state index contributed by atoms with van der Waals surface area (Å²) in [5.41, 5.74) is 0.366. The molecule has 0 aliphatic heterocycles. The van der Waals surface area contributed by atoms with Crippen LogP contribution in [-0.2, 0) is 10.0 Å². The van der Waals surface area contributed by atoms with E-state index in [4.69, 9.17) is 0 Å². The third-order valence-electron chi connectivity index (χ3n) is 2.28. The summed E-state index contributed by atoms with van der Waals surface area (Å²) in [5, 5.41) is 0. The summed E-state index contributed by atoms with van der Waals surface area (Å²) in [5.74, 6) is -0.806. The zero-order valence-corrected chi connectivity index (χ0v) is 13.4. The minimum Gasteiger partial charge on any atom is -0.280 e. The smallest absolute Gasteiger partial charge is 0.264 e. The van der Waals surface area contributed by atoms with Crippen LogP contribution in [0.25, 0.3) is 0 Å². The van der Waals surface area contributed by atoms with Crippen LogP contribution in [0.3, 0.4) is 0 Å². The van der Waals surface area contributed by atoms with E-state index in [1.807, 2.05) is 0 Å². The van der Waals surface area contributed by atoms with E-state index in [1.54, 1.807) is 24.3 Å². The summed E-state index contributed by atoms with van der Waals surface area (Å²) in [6.07, 6.45) is 0. The Labute approximate surface area is 127 Å². The second kappa shape index (κ2) is 5.60. The molecule has 0 aliphatic rings. The highest BCUT2D eigenvalue weighted by molar-refractivity contribution is 9.10. The van der Waals surface area contributed by atoms with Crippen LogP contribution in [0, 0.1) is 5.82 Å². The molecule has 0 atom stereocenters. The van der Waals surface area contributed by atoms with E-state index in [9.17, 15) is 12.8 Å². The summed E-state index contributed by atoms with van der Waals surface area (Å²) in [6.45, 7) is 0. The fraction of sp³-hybridized carbons (Fsp3) is 0. The van der Waals surface area contributed by atoms with Crippen molar-refractivity contribution >= 4 is 47.6 Å². The maximum absolute atomic E-state index is 13.7. The van der Waals surface area contributed by atoms with Gasteiger partial charge in [-0.1, -0.05) is 31.9 Å². The number of hydrogen-bond acceptors (Lipinski definition) is 2. The largest absolute Gasteiger partial charge is 0.280 e. The Hall–Kier alpha value is -0.920. The van der Waals surface area contributed by atoms with Gasteiger partial charge in [-0.2, -0.15) is 0 Å². The van der Waals surface area contributed by atoms with Crippen molar-refractivity contribution in [2.24, 2.45) is 0 Å². The van der Waals surface area contributed by atoms with Crippen LogP contribution in [0.2, 0.25) is 0 Å². The molecule has 0 aliphatic carbocycles. The Morgan fingerprint density at radius 1 is 0.947 bits per heavy atom. The molecular weight excluding hydrogens is 401 g/mol. The third-order valence-corrected chi connectivity index (χ3v) is 4.72. The number of anilines is 1. The molecule has 0 fully saturated rings. The highest BCUT2D eigenvalue weighted by Crippen LogP contribution is 2.22. The molecular formula is C12H8Br2FNO2S. The highest BCUT2D eigenvalue weighted by Gasteiger charge is 2.19. The molecule has 19 heavy (non-hydrogen) atoms. The Kier molecular flexibility index (Phi) is 4.27. The summed E-state index contributed by atoms with van der Waals surface area (Å²) >= 11 is 6.32. The molecule has 0 bridgehead atoms. The topological polar surface area (TPSA) is 46.2 Å². The molecule has 0 spiro atoms. The van der Waals surface area contributed by atoms with Crippen LogP contribution >= 0.6 is 31.9 Å². The molecule has 2 rings (SSSR count). The molecule has 0 amide bonds. The SMILES string of the molecule is O=S(=O)(Nc1ccc(Br)cc1)c1ccc(Br)cc1F. The Balaban J connectivity index is 2.35. The van der Waals surface area contributed by atoms with E-state index in [0.29, 0.717) is 10.2 Å². The number of benzene rings is 2. The molecule has 0 radical (unpaired) electrons. The molecule has 7 heteroatoms. The van der Waals surface area contributed by atoms with Gasteiger partial charge in [0.25, 0.3) is 10.0 Å². The predicted octanol–water partition coefficient (Wildman–Crippen LogP) is 4.15. The number of sulfonamides is 1. The van der Waals surface area contributed by atoms with Crippen molar-refractivity contribution < 1.29 is 12.8 Å². The lowest BCUT2D eigenvalue weighted by atomic mass is 10.3. The molecule has 0 unspecified atom stereocenters.